The number of anilines is 3. The van der Waals surface area contributed by atoms with Crippen LogP contribution in [0, 0.1) is 6.92 Å². The second-order valence-corrected chi connectivity index (χ2v) is 5.36. The van der Waals surface area contributed by atoms with Crippen LogP contribution in [0.2, 0.25) is 0 Å². The maximum Gasteiger partial charge on any atom is 0.409 e. The summed E-state index contributed by atoms with van der Waals surface area (Å²) in [4.78, 5) is 24.3. The molecule has 1 N–H and O–H groups in total. The normalized spacial score (nSPS) is 14.6. The van der Waals surface area contributed by atoms with Gasteiger partial charge in [-0.15, -0.1) is 0 Å². The first-order valence-electron chi connectivity index (χ1n) is 7.85. The molecular formula is C15H20N6O3. The number of aryl methyl sites for hydroxylation is 1. The number of aromatic nitrogens is 3. The zero-order valence-electron chi connectivity index (χ0n) is 13.7. The number of ether oxygens (including phenoxy) is 1. The minimum atomic E-state index is -0.269. The number of carbonyl (C=O) groups is 1. The van der Waals surface area contributed by atoms with E-state index in [2.05, 4.69) is 20.4 Å². The summed E-state index contributed by atoms with van der Waals surface area (Å²) in [6.45, 7) is 6.50. The van der Waals surface area contributed by atoms with Crippen LogP contribution in [0.25, 0.3) is 0 Å². The van der Waals surface area contributed by atoms with Gasteiger partial charge in [-0.1, -0.05) is 5.16 Å². The van der Waals surface area contributed by atoms with Gasteiger partial charge in [0.1, 0.15) is 11.6 Å². The van der Waals surface area contributed by atoms with Gasteiger partial charge in [-0.2, -0.15) is 4.98 Å². The molecule has 0 saturated carbocycles. The molecule has 0 aromatic carbocycles. The van der Waals surface area contributed by atoms with Gasteiger partial charge in [0.25, 0.3) is 0 Å². The smallest absolute Gasteiger partial charge is 0.409 e. The van der Waals surface area contributed by atoms with Crippen LogP contribution in [-0.4, -0.2) is 58.9 Å². The number of nitrogens with zero attached hydrogens (tertiary/aromatic N) is 5. The Morgan fingerprint density at radius 2 is 2.12 bits per heavy atom. The summed E-state index contributed by atoms with van der Waals surface area (Å²) in [7, 11) is 0. The Balaban J connectivity index is 1.61. The molecule has 0 radical (unpaired) electrons. The molecule has 9 nitrogen and oxygen atoms in total. The molecule has 1 aliphatic rings. The van der Waals surface area contributed by atoms with Gasteiger partial charge >= 0.3 is 6.09 Å². The molecule has 0 atom stereocenters. The van der Waals surface area contributed by atoms with Gasteiger partial charge in [0.15, 0.2) is 5.82 Å². The number of nitrogens with one attached hydrogen (secondary N) is 1. The Bertz CT molecular complexity index is 696. The van der Waals surface area contributed by atoms with Crippen LogP contribution >= 0.6 is 0 Å². The van der Waals surface area contributed by atoms with Crippen molar-refractivity contribution in [2.75, 3.05) is 43.0 Å². The predicted octanol–water partition coefficient (Wildman–Crippen LogP) is 1.80. The SMILES string of the molecule is CCOC(=O)N1CCN(c2nccc(Nc3cc(C)on3)n2)CC1. The molecule has 0 bridgehead atoms. The van der Waals surface area contributed by atoms with Crippen LogP contribution in [0.1, 0.15) is 12.7 Å². The fourth-order valence-corrected chi connectivity index (χ4v) is 2.43. The summed E-state index contributed by atoms with van der Waals surface area (Å²) in [5.74, 6) is 2.58. The molecule has 2 aromatic heterocycles. The molecule has 0 unspecified atom stereocenters. The third-order valence-electron chi connectivity index (χ3n) is 3.62. The van der Waals surface area contributed by atoms with Gasteiger partial charge in [-0.05, 0) is 19.9 Å². The maximum absolute atomic E-state index is 11.7. The first-order valence-corrected chi connectivity index (χ1v) is 7.85. The average molecular weight is 332 g/mol. The first kappa shape index (κ1) is 16.0. The minimum absolute atomic E-state index is 0.269. The number of hydrogen-bond acceptors (Lipinski definition) is 8. The maximum atomic E-state index is 11.7. The Morgan fingerprint density at radius 3 is 2.79 bits per heavy atom. The molecule has 128 valence electrons. The van der Waals surface area contributed by atoms with E-state index in [0.29, 0.717) is 50.4 Å². The molecule has 1 amide bonds. The van der Waals surface area contributed by atoms with E-state index >= 15 is 0 Å². The highest BCUT2D eigenvalue weighted by molar-refractivity contribution is 5.68. The van der Waals surface area contributed by atoms with Crippen molar-refractivity contribution < 1.29 is 14.1 Å². The fourth-order valence-electron chi connectivity index (χ4n) is 2.43. The van der Waals surface area contributed by atoms with E-state index in [0.717, 1.165) is 5.76 Å². The second kappa shape index (κ2) is 7.16. The van der Waals surface area contributed by atoms with Crippen molar-refractivity contribution in [2.24, 2.45) is 0 Å². The quantitative estimate of drug-likeness (QED) is 0.905. The summed E-state index contributed by atoms with van der Waals surface area (Å²) >= 11 is 0. The molecule has 9 heteroatoms. The lowest BCUT2D eigenvalue weighted by Gasteiger charge is -2.34. The standard InChI is InChI=1S/C15H20N6O3/c1-3-23-15(22)21-8-6-20(7-9-21)14-16-5-4-12(18-14)17-13-10-11(2)24-19-13/h4-5,10H,3,6-9H2,1-2H3,(H,16,17,18,19). The summed E-state index contributed by atoms with van der Waals surface area (Å²) in [6, 6.07) is 3.56. The zero-order chi connectivity index (χ0) is 16.9. The lowest BCUT2D eigenvalue weighted by molar-refractivity contribution is 0.105. The van der Waals surface area contributed by atoms with Crippen LogP contribution in [-0.2, 0) is 4.74 Å². The van der Waals surface area contributed by atoms with E-state index < -0.39 is 0 Å². The number of amides is 1. The van der Waals surface area contributed by atoms with Crippen molar-refractivity contribution in [3.8, 4) is 0 Å². The molecular weight excluding hydrogens is 312 g/mol. The van der Waals surface area contributed by atoms with Crippen LogP contribution in [0.5, 0.6) is 0 Å². The molecule has 1 aliphatic heterocycles. The average Bonchev–Trinajstić information content (AvgIpc) is 3.00. The predicted molar refractivity (Wildman–Crippen MR) is 87.4 cm³/mol. The summed E-state index contributed by atoms with van der Waals surface area (Å²) in [5.41, 5.74) is 0. The third kappa shape index (κ3) is 3.73. The van der Waals surface area contributed by atoms with Crippen molar-refractivity contribution in [1.82, 2.24) is 20.0 Å². The van der Waals surface area contributed by atoms with Gasteiger partial charge < -0.3 is 24.4 Å². The second-order valence-electron chi connectivity index (χ2n) is 5.36. The Hall–Kier alpha value is -2.84. The van der Waals surface area contributed by atoms with Crippen LogP contribution < -0.4 is 10.2 Å². The largest absolute Gasteiger partial charge is 0.450 e. The third-order valence-corrected chi connectivity index (χ3v) is 3.62. The summed E-state index contributed by atoms with van der Waals surface area (Å²) in [6.07, 6.45) is 1.42. The van der Waals surface area contributed by atoms with E-state index in [1.54, 1.807) is 30.2 Å². The van der Waals surface area contributed by atoms with Crippen molar-refractivity contribution in [2.45, 2.75) is 13.8 Å². The van der Waals surface area contributed by atoms with Crippen molar-refractivity contribution in [3.63, 3.8) is 0 Å². The molecule has 3 heterocycles. The van der Waals surface area contributed by atoms with E-state index in [-0.39, 0.29) is 6.09 Å². The Labute approximate surface area is 139 Å². The molecule has 24 heavy (non-hydrogen) atoms. The molecule has 2 aromatic rings. The number of hydrogen-bond donors (Lipinski definition) is 1. The zero-order valence-corrected chi connectivity index (χ0v) is 13.7. The number of rotatable bonds is 4. The van der Waals surface area contributed by atoms with Crippen molar-refractivity contribution >= 4 is 23.7 Å². The summed E-state index contributed by atoms with van der Waals surface area (Å²) in [5, 5.41) is 6.96. The van der Waals surface area contributed by atoms with Gasteiger partial charge in [-0.3, -0.25) is 0 Å². The first-order chi connectivity index (χ1) is 11.7. The lowest BCUT2D eigenvalue weighted by atomic mass is 10.3. The fraction of sp³-hybridized carbons (Fsp3) is 0.467. The van der Waals surface area contributed by atoms with Crippen LogP contribution in [0.4, 0.5) is 22.4 Å². The highest BCUT2D eigenvalue weighted by Crippen LogP contribution is 2.17. The molecule has 0 spiro atoms. The van der Waals surface area contributed by atoms with Gasteiger partial charge in [-0.25, -0.2) is 9.78 Å². The van der Waals surface area contributed by atoms with E-state index in [1.807, 2.05) is 11.8 Å². The van der Waals surface area contributed by atoms with E-state index in [4.69, 9.17) is 9.26 Å². The monoisotopic (exact) mass is 332 g/mol. The molecule has 0 aliphatic carbocycles. The molecule has 1 saturated heterocycles. The highest BCUT2D eigenvalue weighted by atomic mass is 16.6. The minimum Gasteiger partial charge on any atom is -0.450 e. The van der Waals surface area contributed by atoms with E-state index in [9.17, 15) is 4.79 Å². The summed E-state index contributed by atoms with van der Waals surface area (Å²) < 4.78 is 10.0. The Kier molecular flexibility index (Phi) is 4.78. The lowest BCUT2D eigenvalue weighted by Crippen LogP contribution is -2.49. The van der Waals surface area contributed by atoms with Gasteiger partial charge in [0.05, 0.1) is 6.61 Å². The Morgan fingerprint density at radius 1 is 1.33 bits per heavy atom. The van der Waals surface area contributed by atoms with Crippen LogP contribution in [0.15, 0.2) is 22.9 Å². The molecule has 1 fully saturated rings. The van der Waals surface area contributed by atoms with Gasteiger partial charge in [0.2, 0.25) is 5.95 Å². The van der Waals surface area contributed by atoms with Crippen LogP contribution in [0.3, 0.4) is 0 Å². The molecule has 3 rings (SSSR count). The topological polar surface area (TPSA) is 96.6 Å². The van der Waals surface area contributed by atoms with Gasteiger partial charge in [0, 0.05) is 38.4 Å². The van der Waals surface area contributed by atoms with Crippen molar-refractivity contribution in [1.29, 1.82) is 0 Å². The van der Waals surface area contributed by atoms with Crippen molar-refractivity contribution in [3.05, 3.63) is 24.1 Å². The highest BCUT2D eigenvalue weighted by Gasteiger charge is 2.23. The number of carbonyl (C=O) groups excluding carboxylic acids is 1. The van der Waals surface area contributed by atoms with E-state index in [1.165, 1.54) is 0 Å². The number of piperazine rings is 1.